The van der Waals surface area contributed by atoms with Crippen molar-refractivity contribution in [3.8, 4) is 0 Å². The number of likely N-dealkylation sites (tertiary alicyclic amines) is 1. The number of hydrogen-bond acceptors (Lipinski definition) is 2. The maximum atomic E-state index is 13.9. The van der Waals surface area contributed by atoms with Gasteiger partial charge in [-0.2, -0.15) is 0 Å². The number of amides is 2. The Labute approximate surface area is 154 Å². The summed E-state index contributed by atoms with van der Waals surface area (Å²) in [6, 6.07) is 13.4. The van der Waals surface area contributed by atoms with Crippen molar-refractivity contribution in [2.24, 2.45) is 0 Å². The maximum Gasteiger partial charge on any atom is 0.256 e. The second-order valence-corrected chi connectivity index (χ2v) is 6.95. The van der Waals surface area contributed by atoms with E-state index >= 15 is 0 Å². The van der Waals surface area contributed by atoms with Crippen LogP contribution in [0.25, 0.3) is 0 Å². The Bertz CT molecular complexity index is 774. The number of halogens is 2. The van der Waals surface area contributed by atoms with E-state index in [1.807, 2.05) is 18.2 Å². The number of carbonyl (C=O) groups excluding carboxylic acids is 2. The third kappa shape index (κ3) is 4.25. The van der Waals surface area contributed by atoms with Crippen LogP contribution in [0.1, 0.15) is 33.6 Å². The molecule has 3 rings (SSSR count). The molecule has 0 radical (unpaired) electrons. The molecule has 1 aliphatic rings. The summed E-state index contributed by atoms with van der Waals surface area (Å²) in [4.78, 5) is 26.3. The van der Waals surface area contributed by atoms with Gasteiger partial charge in [0.15, 0.2) is 0 Å². The van der Waals surface area contributed by atoms with Gasteiger partial charge in [0.2, 0.25) is 0 Å². The van der Waals surface area contributed by atoms with Crippen molar-refractivity contribution < 1.29 is 14.0 Å². The summed E-state index contributed by atoms with van der Waals surface area (Å²) < 4.78 is 14.6. The molecule has 0 unspecified atom stereocenters. The number of rotatable bonds is 3. The van der Waals surface area contributed by atoms with E-state index in [0.717, 1.165) is 0 Å². The molecule has 0 spiro atoms. The van der Waals surface area contributed by atoms with E-state index in [0.29, 0.717) is 36.0 Å². The molecule has 2 aromatic rings. The third-order valence-corrected chi connectivity index (χ3v) is 4.81. The van der Waals surface area contributed by atoms with Gasteiger partial charge in [-0.1, -0.05) is 34.1 Å². The molecule has 0 atom stereocenters. The molecular formula is C19H18BrFN2O2. The van der Waals surface area contributed by atoms with Crippen LogP contribution in [0, 0.1) is 5.82 Å². The van der Waals surface area contributed by atoms with Gasteiger partial charge in [-0.05, 0) is 43.2 Å². The lowest BCUT2D eigenvalue weighted by molar-refractivity contribution is 0.0693. The van der Waals surface area contributed by atoms with Crippen LogP contribution in [0.2, 0.25) is 0 Å². The largest absolute Gasteiger partial charge is 0.349 e. The zero-order valence-corrected chi connectivity index (χ0v) is 15.1. The molecule has 0 bridgehead atoms. The lowest BCUT2D eigenvalue weighted by atomic mass is 10.0. The highest BCUT2D eigenvalue weighted by atomic mass is 79.9. The molecule has 0 aliphatic carbocycles. The van der Waals surface area contributed by atoms with Crippen LogP contribution >= 0.6 is 15.9 Å². The third-order valence-electron chi connectivity index (χ3n) is 4.31. The average Bonchev–Trinajstić information content (AvgIpc) is 2.64. The van der Waals surface area contributed by atoms with Gasteiger partial charge in [-0.25, -0.2) is 4.39 Å². The van der Waals surface area contributed by atoms with E-state index in [9.17, 15) is 14.0 Å². The molecule has 25 heavy (non-hydrogen) atoms. The van der Waals surface area contributed by atoms with Crippen LogP contribution in [0.15, 0.2) is 53.0 Å². The molecular weight excluding hydrogens is 387 g/mol. The molecule has 0 aromatic heterocycles. The highest BCUT2D eigenvalue weighted by Gasteiger charge is 2.26. The predicted octanol–water partition coefficient (Wildman–Crippen LogP) is 3.62. The number of carbonyl (C=O) groups is 2. The van der Waals surface area contributed by atoms with Crippen molar-refractivity contribution in [3.05, 3.63) is 69.9 Å². The van der Waals surface area contributed by atoms with Crippen molar-refractivity contribution in [3.63, 3.8) is 0 Å². The average molecular weight is 405 g/mol. The van der Waals surface area contributed by atoms with Crippen molar-refractivity contribution in [1.29, 1.82) is 0 Å². The maximum absolute atomic E-state index is 13.9. The highest BCUT2D eigenvalue weighted by Crippen LogP contribution is 2.20. The topological polar surface area (TPSA) is 49.4 Å². The summed E-state index contributed by atoms with van der Waals surface area (Å²) in [5.74, 6) is -0.942. The number of hydrogen-bond donors (Lipinski definition) is 1. The van der Waals surface area contributed by atoms with Gasteiger partial charge >= 0.3 is 0 Å². The van der Waals surface area contributed by atoms with Crippen molar-refractivity contribution in [2.45, 2.75) is 18.9 Å². The number of benzene rings is 2. The summed E-state index contributed by atoms with van der Waals surface area (Å²) in [7, 11) is 0. The van der Waals surface area contributed by atoms with Crippen LogP contribution in [-0.4, -0.2) is 35.8 Å². The van der Waals surface area contributed by atoms with Gasteiger partial charge in [0.05, 0.1) is 5.56 Å². The van der Waals surface area contributed by atoms with Gasteiger partial charge < -0.3 is 10.2 Å². The molecule has 1 saturated heterocycles. The van der Waals surface area contributed by atoms with Crippen molar-refractivity contribution in [1.82, 2.24) is 10.2 Å². The summed E-state index contributed by atoms with van der Waals surface area (Å²) in [5, 5.41) is 3.00. The fourth-order valence-electron chi connectivity index (χ4n) is 2.92. The summed E-state index contributed by atoms with van der Waals surface area (Å²) in [5.41, 5.74) is 0.693. The smallest absolute Gasteiger partial charge is 0.256 e. The molecule has 1 heterocycles. The standard InChI is InChI=1S/C19H18BrFN2O2/c20-14-6-7-17(21)16(12-14)19(25)23-10-8-15(9-11-23)22-18(24)13-4-2-1-3-5-13/h1-7,12,15H,8-11H2,(H,22,24). The highest BCUT2D eigenvalue weighted by molar-refractivity contribution is 9.10. The van der Waals surface area contributed by atoms with Crippen molar-refractivity contribution >= 4 is 27.7 Å². The van der Waals surface area contributed by atoms with Crippen LogP contribution in [0.5, 0.6) is 0 Å². The molecule has 1 N–H and O–H groups in total. The predicted molar refractivity (Wildman–Crippen MR) is 96.9 cm³/mol. The first kappa shape index (κ1) is 17.6. The molecule has 2 aromatic carbocycles. The molecule has 130 valence electrons. The van der Waals surface area contributed by atoms with Gasteiger partial charge in [0, 0.05) is 29.2 Å². The zero-order valence-electron chi connectivity index (χ0n) is 13.5. The lowest BCUT2D eigenvalue weighted by Gasteiger charge is -2.32. The lowest BCUT2D eigenvalue weighted by Crippen LogP contribution is -2.46. The zero-order chi connectivity index (χ0) is 17.8. The van der Waals surface area contributed by atoms with E-state index in [1.165, 1.54) is 12.1 Å². The number of nitrogens with one attached hydrogen (secondary N) is 1. The summed E-state index contributed by atoms with van der Waals surface area (Å²) >= 11 is 3.26. The molecule has 4 nitrogen and oxygen atoms in total. The summed E-state index contributed by atoms with van der Waals surface area (Å²) in [6.45, 7) is 0.981. The molecule has 6 heteroatoms. The van der Waals surface area contributed by atoms with E-state index in [4.69, 9.17) is 0 Å². The van der Waals surface area contributed by atoms with Crippen LogP contribution in [-0.2, 0) is 0 Å². The Morgan fingerprint density at radius 3 is 2.44 bits per heavy atom. The van der Waals surface area contributed by atoms with E-state index < -0.39 is 5.82 Å². The number of piperidine rings is 1. The minimum absolute atomic E-state index is 0.0177. The van der Waals surface area contributed by atoms with Gasteiger partial charge in [0.1, 0.15) is 5.82 Å². The van der Waals surface area contributed by atoms with Crippen LogP contribution < -0.4 is 5.32 Å². The first-order chi connectivity index (χ1) is 12.0. The molecule has 0 saturated carbocycles. The van der Waals surface area contributed by atoms with Crippen LogP contribution in [0.4, 0.5) is 4.39 Å². The molecule has 1 aliphatic heterocycles. The SMILES string of the molecule is O=C(NC1CCN(C(=O)c2cc(Br)ccc2F)CC1)c1ccccc1. The Kier molecular flexibility index (Phi) is 5.48. The number of nitrogens with zero attached hydrogens (tertiary/aromatic N) is 1. The van der Waals surface area contributed by atoms with Crippen molar-refractivity contribution in [2.75, 3.05) is 13.1 Å². The van der Waals surface area contributed by atoms with E-state index in [1.54, 1.807) is 23.1 Å². The Balaban J connectivity index is 1.57. The fourth-order valence-corrected chi connectivity index (χ4v) is 3.28. The quantitative estimate of drug-likeness (QED) is 0.848. The van der Waals surface area contributed by atoms with E-state index in [-0.39, 0.29) is 23.4 Å². The molecule has 1 fully saturated rings. The molecule has 2 amide bonds. The minimum Gasteiger partial charge on any atom is -0.349 e. The summed E-state index contributed by atoms with van der Waals surface area (Å²) in [6.07, 6.45) is 1.31. The first-order valence-corrected chi connectivity index (χ1v) is 8.94. The first-order valence-electron chi connectivity index (χ1n) is 8.15. The van der Waals surface area contributed by atoms with Gasteiger partial charge in [0.25, 0.3) is 11.8 Å². The Morgan fingerprint density at radius 1 is 1.08 bits per heavy atom. The normalized spacial score (nSPS) is 15.0. The fraction of sp³-hybridized carbons (Fsp3) is 0.263. The second kappa shape index (κ2) is 7.78. The second-order valence-electron chi connectivity index (χ2n) is 6.03. The van der Waals surface area contributed by atoms with Gasteiger partial charge in [-0.15, -0.1) is 0 Å². The van der Waals surface area contributed by atoms with Gasteiger partial charge in [-0.3, -0.25) is 9.59 Å². The monoisotopic (exact) mass is 404 g/mol. The Morgan fingerprint density at radius 2 is 1.76 bits per heavy atom. The van der Waals surface area contributed by atoms with Crippen LogP contribution in [0.3, 0.4) is 0 Å². The Hall–Kier alpha value is -2.21. The minimum atomic E-state index is -0.521. The van der Waals surface area contributed by atoms with E-state index in [2.05, 4.69) is 21.2 Å².